The molecule has 0 spiro atoms. The molecule has 0 amide bonds. The summed E-state index contributed by atoms with van der Waals surface area (Å²) in [5.41, 5.74) is 6.62. The van der Waals surface area contributed by atoms with Gasteiger partial charge in [-0.2, -0.15) is 5.26 Å². The van der Waals surface area contributed by atoms with Crippen LogP contribution in [0.5, 0.6) is 23.0 Å². The van der Waals surface area contributed by atoms with Crippen molar-refractivity contribution in [2.45, 2.75) is 5.92 Å². The average molecular weight is 406 g/mol. The zero-order chi connectivity index (χ0) is 21.4. The van der Waals surface area contributed by atoms with Gasteiger partial charge in [-0.05, 0) is 29.8 Å². The Morgan fingerprint density at radius 1 is 1.07 bits per heavy atom. The number of ether oxygens (including phenoxy) is 4. The van der Waals surface area contributed by atoms with E-state index in [1.54, 1.807) is 36.4 Å². The molecule has 0 bridgehead atoms. The maximum absolute atomic E-state index is 13.0. The van der Waals surface area contributed by atoms with Crippen molar-refractivity contribution in [1.82, 2.24) is 0 Å². The van der Waals surface area contributed by atoms with Crippen LogP contribution in [0, 0.1) is 11.3 Å². The van der Waals surface area contributed by atoms with Gasteiger partial charge in [0.25, 0.3) is 0 Å². The van der Waals surface area contributed by atoms with E-state index in [1.165, 1.54) is 21.3 Å². The van der Waals surface area contributed by atoms with Crippen molar-refractivity contribution in [2.24, 2.45) is 5.73 Å². The number of para-hydroxylation sites is 1. The lowest BCUT2D eigenvalue weighted by Crippen LogP contribution is -2.26. The Kier molecular flexibility index (Phi) is 4.72. The van der Waals surface area contributed by atoms with Crippen LogP contribution < -0.4 is 30.3 Å². The number of hydrogen-bond donors (Lipinski definition) is 1. The van der Waals surface area contributed by atoms with Gasteiger partial charge in [0.1, 0.15) is 17.2 Å². The predicted molar refractivity (Wildman–Crippen MR) is 108 cm³/mol. The molecule has 0 radical (unpaired) electrons. The minimum absolute atomic E-state index is 0.0827. The molecule has 2 N–H and O–H groups in total. The second-order valence-corrected chi connectivity index (χ2v) is 6.51. The van der Waals surface area contributed by atoms with Crippen LogP contribution in [0.15, 0.2) is 57.1 Å². The van der Waals surface area contributed by atoms with Gasteiger partial charge in [-0.25, -0.2) is 4.79 Å². The van der Waals surface area contributed by atoms with Crippen molar-refractivity contribution in [3.05, 3.63) is 69.4 Å². The Morgan fingerprint density at radius 2 is 1.73 bits per heavy atom. The molecule has 0 saturated heterocycles. The lowest BCUT2D eigenvalue weighted by atomic mass is 9.83. The number of hydrogen-bond acceptors (Lipinski definition) is 8. The highest BCUT2D eigenvalue weighted by Gasteiger charge is 2.36. The third-order valence-electron chi connectivity index (χ3n) is 4.99. The number of nitrogens with zero attached hydrogens (tertiary/aromatic N) is 1. The molecule has 0 saturated carbocycles. The Balaban J connectivity index is 2.07. The molecule has 2 aromatic carbocycles. The highest BCUT2D eigenvalue weighted by Crippen LogP contribution is 2.47. The van der Waals surface area contributed by atoms with Gasteiger partial charge in [-0.1, -0.05) is 12.1 Å². The highest BCUT2D eigenvalue weighted by molar-refractivity contribution is 5.86. The van der Waals surface area contributed by atoms with Gasteiger partial charge in [0.15, 0.2) is 17.2 Å². The summed E-state index contributed by atoms with van der Waals surface area (Å²) in [5.74, 6) is 0.476. The van der Waals surface area contributed by atoms with E-state index >= 15 is 0 Å². The van der Waals surface area contributed by atoms with Crippen LogP contribution in [0.2, 0.25) is 0 Å². The van der Waals surface area contributed by atoms with E-state index in [0.29, 0.717) is 33.8 Å². The van der Waals surface area contributed by atoms with E-state index in [9.17, 15) is 10.1 Å². The number of allylic oxidation sites excluding steroid dienone is 1. The number of nitrogens with two attached hydrogens (primary N) is 1. The zero-order valence-electron chi connectivity index (χ0n) is 16.5. The normalized spacial score (nSPS) is 15.2. The summed E-state index contributed by atoms with van der Waals surface area (Å²) in [6.07, 6.45) is 0. The Bertz CT molecular complexity index is 1260. The molecule has 1 aromatic heterocycles. The van der Waals surface area contributed by atoms with E-state index in [4.69, 9.17) is 29.1 Å². The third kappa shape index (κ3) is 2.79. The van der Waals surface area contributed by atoms with Crippen molar-refractivity contribution >= 4 is 11.0 Å². The molecule has 2 heterocycles. The average Bonchev–Trinajstić information content (AvgIpc) is 2.77. The quantitative estimate of drug-likeness (QED) is 0.657. The molecule has 1 aliphatic rings. The van der Waals surface area contributed by atoms with Crippen molar-refractivity contribution in [3.8, 4) is 29.1 Å². The Hall–Kier alpha value is -4.12. The van der Waals surface area contributed by atoms with Crippen LogP contribution in [0.4, 0.5) is 0 Å². The molecule has 0 aliphatic carbocycles. The third-order valence-corrected chi connectivity index (χ3v) is 4.99. The first-order chi connectivity index (χ1) is 14.5. The molecule has 3 aromatic rings. The monoisotopic (exact) mass is 406 g/mol. The number of fused-ring (bicyclic) bond motifs is 3. The van der Waals surface area contributed by atoms with Gasteiger partial charge in [0, 0.05) is 0 Å². The minimum Gasteiger partial charge on any atom is -0.493 e. The van der Waals surface area contributed by atoms with Crippen LogP contribution in [0.3, 0.4) is 0 Å². The van der Waals surface area contributed by atoms with E-state index in [1.807, 2.05) is 0 Å². The molecule has 8 nitrogen and oxygen atoms in total. The molecular weight excluding hydrogens is 388 g/mol. The second kappa shape index (κ2) is 7.37. The predicted octanol–water partition coefficient (Wildman–Crippen LogP) is 3.04. The molecule has 152 valence electrons. The van der Waals surface area contributed by atoms with Gasteiger partial charge < -0.3 is 29.1 Å². The molecule has 1 aliphatic heterocycles. The molecule has 0 fully saturated rings. The van der Waals surface area contributed by atoms with Crippen LogP contribution in [0.1, 0.15) is 17.0 Å². The summed E-state index contributed by atoms with van der Waals surface area (Å²) in [4.78, 5) is 13.0. The number of methoxy groups -OCH3 is 3. The molecule has 1 unspecified atom stereocenters. The van der Waals surface area contributed by atoms with E-state index < -0.39 is 11.5 Å². The fourth-order valence-corrected chi connectivity index (χ4v) is 3.67. The largest absolute Gasteiger partial charge is 0.493 e. The molecule has 30 heavy (non-hydrogen) atoms. The van der Waals surface area contributed by atoms with Gasteiger partial charge in [0.05, 0.1) is 38.2 Å². The topological polar surface area (TPSA) is 117 Å². The van der Waals surface area contributed by atoms with E-state index in [2.05, 4.69) is 6.07 Å². The highest BCUT2D eigenvalue weighted by atomic mass is 16.5. The number of rotatable bonds is 4. The van der Waals surface area contributed by atoms with Gasteiger partial charge in [-0.3, -0.25) is 0 Å². The summed E-state index contributed by atoms with van der Waals surface area (Å²) >= 11 is 0. The Labute approximate surface area is 171 Å². The van der Waals surface area contributed by atoms with E-state index in [0.717, 1.165) is 0 Å². The SMILES string of the molecule is COc1cc(C2C(C#N)=C(N)Oc3c2c(=O)oc2ccccc32)cc(OC)c1OC. The molecule has 1 atom stereocenters. The van der Waals surface area contributed by atoms with Crippen molar-refractivity contribution in [2.75, 3.05) is 21.3 Å². The summed E-state index contributed by atoms with van der Waals surface area (Å²) in [7, 11) is 4.45. The minimum atomic E-state index is -0.840. The fraction of sp³-hybridized carbons (Fsp3) is 0.182. The lowest BCUT2D eigenvalue weighted by molar-refractivity contribution is 0.323. The first kappa shape index (κ1) is 19.2. The summed E-state index contributed by atoms with van der Waals surface area (Å²) in [6.45, 7) is 0. The summed E-state index contributed by atoms with van der Waals surface area (Å²) < 4.78 is 27.5. The van der Waals surface area contributed by atoms with Crippen LogP contribution in [-0.4, -0.2) is 21.3 Å². The second-order valence-electron chi connectivity index (χ2n) is 6.51. The van der Waals surface area contributed by atoms with Crippen LogP contribution >= 0.6 is 0 Å². The lowest BCUT2D eigenvalue weighted by Gasteiger charge is -2.26. The fourth-order valence-electron chi connectivity index (χ4n) is 3.67. The summed E-state index contributed by atoms with van der Waals surface area (Å²) in [6, 6.07) is 12.4. The van der Waals surface area contributed by atoms with Crippen molar-refractivity contribution in [3.63, 3.8) is 0 Å². The standard InChI is InChI=1S/C22H18N2O6/c1-26-15-8-11(9-16(27-2)20(15)28-3)17-13(10-23)21(24)30-19-12-6-4-5-7-14(12)29-22(25)18(17)19/h4-9,17H,24H2,1-3H3. The zero-order valence-corrected chi connectivity index (χ0v) is 16.5. The molecule has 8 heteroatoms. The van der Waals surface area contributed by atoms with Gasteiger partial charge in [-0.15, -0.1) is 0 Å². The van der Waals surface area contributed by atoms with Crippen LogP contribution in [-0.2, 0) is 0 Å². The van der Waals surface area contributed by atoms with Crippen LogP contribution in [0.25, 0.3) is 11.0 Å². The smallest absolute Gasteiger partial charge is 0.344 e. The van der Waals surface area contributed by atoms with Gasteiger partial charge >= 0.3 is 5.63 Å². The van der Waals surface area contributed by atoms with E-state index in [-0.39, 0.29) is 22.8 Å². The maximum atomic E-state index is 13.0. The van der Waals surface area contributed by atoms with Crippen molar-refractivity contribution in [1.29, 1.82) is 5.26 Å². The first-order valence-electron chi connectivity index (χ1n) is 8.97. The first-order valence-corrected chi connectivity index (χ1v) is 8.97. The summed E-state index contributed by atoms with van der Waals surface area (Å²) in [5, 5.41) is 10.4. The molecule has 4 rings (SSSR count). The number of nitriles is 1. The number of benzene rings is 2. The Morgan fingerprint density at radius 3 is 2.33 bits per heavy atom. The van der Waals surface area contributed by atoms with Gasteiger partial charge in [0.2, 0.25) is 11.6 Å². The maximum Gasteiger partial charge on any atom is 0.344 e. The van der Waals surface area contributed by atoms with Crippen molar-refractivity contribution < 1.29 is 23.4 Å². The molecular formula is C22H18N2O6.